The molecule has 15 heteroatoms. The number of sulfonamides is 1. The third kappa shape index (κ3) is 12.2. The number of nitrogens with zero attached hydrogens (tertiary/aromatic N) is 3. The molecule has 310 valence electrons. The molecule has 4 unspecified atom stereocenters. The molecular formula is C42H56FN5O8S. The highest BCUT2D eigenvalue weighted by Crippen LogP contribution is 2.29. The molecule has 0 bridgehead atoms. The van der Waals surface area contributed by atoms with Gasteiger partial charge in [-0.1, -0.05) is 24.2 Å². The molecule has 5 rings (SSSR count). The second-order valence-electron chi connectivity index (χ2n) is 14.8. The summed E-state index contributed by atoms with van der Waals surface area (Å²) in [6, 6.07) is 17.7. The average Bonchev–Trinajstić information content (AvgIpc) is 3.49. The first kappa shape index (κ1) is 43.6. The van der Waals surface area contributed by atoms with E-state index in [9.17, 15) is 17.6 Å². The molecule has 3 aromatic carbocycles. The van der Waals surface area contributed by atoms with Crippen LogP contribution in [0.1, 0.15) is 62.6 Å². The second kappa shape index (κ2) is 20.2. The zero-order valence-electron chi connectivity index (χ0n) is 33.9. The number of hydrogen-bond acceptors (Lipinski definition) is 10. The molecular weight excluding hydrogens is 754 g/mol. The predicted molar refractivity (Wildman–Crippen MR) is 217 cm³/mol. The minimum absolute atomic E-state index is 0.0135. The number of rotatable bonds is 12. The maximum absolute atomic E-state index is 13.7. The summed E-state index contributed by atoms with van der Waals surface area (Å²) in [5.74, 6) is 1.33. The van der Waals surface area contributed by atoms with Crippen molar-refractivity contribution in [3.8, 4) is 11.5 Å². The molecule has 1 aliphatic rings. The van der Waals surface area contributed by atoms with Crippen molar-refractivity contribution in [1.82, 2.24) is 14.4 Å². The maximum Gasteiger partial charge on any atom is 0.323 e. The normalized spacial score (nSPS) is 19.2. The van der Waals surface area contributed by atoms with Gasteiger partial charge in [0.2, 0.25) is 10.0 Å². The van der Waals surface area contributed by atoms with Crippen LogP contribution in [-0.2, 0) is 32.6 Å². The Morgan fingerprint density at radius 3 is 2.47 bits per heavy atom. The number of benzene rings is 3. The van der Waals surface area contributed by atoms with Crippen LogP contribution < -0.4 is 20.1 Å². The molecule has 4 aromatic rings. The number of hydrogen-bond donors (Lipinski definition) is 2. The van der Waals surface area contributed by atoms with E-state index in [2.05, 4.69) is 34.5 Å². The predicted octanol–water partition coefficient (Wildman–Crippen LogP) is 7.78. The first-order valence-electron chi connectivity index (χ1n) is 19.3. The van der Waals surface area contributed by atoms with Gasteiger partial charge >= 0.3 is 6.03 Å². The van der Waals surface area contributed by atoms with Gasteiger partial charge in [0.05, 0.1) is 37.4 Å². The smallest absolute Gasteiger partial charge is 0.323 e. The minimum atomic E-state index is -3.92. The highest BCUT2D eigenvalue weighted by molar-refractivity contribution is 7.89. The molecule has 0 saturated heterocycles. The lowest BCUT2D eigenvalue weighted by Gasteiger charge is -2.36. The van der Waals surface area contributed by atoms with Crippen LogP contribution in [0.15, 0.2) is 76.1 Å². The van der Waals surface area contributed by atoms with Crippen LogP contribution in [0.5, 0.6) is 11.5 Å². The molecule has 0 aliphatic carbocycles. The van der Waals surface area contributed by atoms with Gasteiger partial charge in [0.15, 0.2) is 5.76 Å². The van der Waals surface area contributed by atoms with Crippen molar-refractivity contribution in [1.29, 1.82) is 0 Å². The van der Waals surface area contributed by atoms with Crippen molar-refractivity contribution >= 4 is 27.4 Å². The summed E-state index contributed by atoms with van der Waals surface area (Å²) in [6.07, 6.45) is 1.82. The Hall–Kier alpha value is -4.54. The Kier molecular flexibility index (Phi) is 15.5. The van der Waals surface area contributed by atoms with Gasteiger partial charge in [-0.25, -0.2) is 17.6 Å². The van der Waals surface area contributed by atoms with Crippen molar-refractivity contribution in [3.63, 3.8) is 0 Å². The molecule has 1 aliphatic heterocycles. The number of methoxy groups -OCH3 is 1. The summed E-state index contributed by atoms with van der Waals surface area (Å²) in [4.78, 5) is 15.4. The van der Waals surface area contributed by atoms with Gasteiger partial charge < -0.3 is 34.1 Å². The van der Waals surface area contributed by atoms with E-state index in [0.717, 1.165) is 48.3 Å². The number of nitrogens with one attached hydrogen (secondary N) is 2. The number of ether oxygens (including phenoxy) is 4. The molecule has 2 N–H and O–H groups in total. The lowest BCUT2D eigenvalue weighted by Crippen LogP contribution is -2.45. The summed E-state index contributed by atoms with van der Waals surface area (Å²) < 4.78 is 71.9. The molecule has 57 heavy (non-hydrogen) atoms. The van der Waals surface area contributed by atoms with Gasteiger partial charge in [-0.2, -0.15) is 4.31 Å². The molecule has 1 aromatic heterocycles. The Bertz CT molecular complexity index is 1990. The number of amides is 2. The summed E-state index contributed by atoms with van der Waals surface area (Å²) in [5, 5.41) is 9.70. The van der Waals surface area contributed by atoms with Crippen molar-refractivity contribution < 1.29 is 41.1 Å². The maximum atomic E-state index is 13.7. The third-order valence-electron chi connectivity index (χ3n) is 10.2. The van der Waals surface area contributed by atoms with E-state index in [1.54, 1.807) is 21.0 Å². The fourth-order valence-corrected chi connectivity index (χ4v) is 7.88. The summed E-state index contributed by atoms with van der Waals surface area (Å²) in [5.41, 5.74) is 3.52. The number of anilines is 2. The van der Waals surface area contributed by atoms with Gasteiger partial charge in [-0.15, -0.1) is 0 Å². The molecule has 2 amide bonds. The summed E-state index contributed by atoms with van der Waals surface area (Å²) in [7, 11) is -0.758. The lowest BCUT2D eigenvalue weighted by atomic mass is 10.0. The van der Waals surface area contributed by atoms with Crippen molar-refractivity contribution in [3.05, 3.63) is 95.1 Å². The summed E-state index contributed by atoms with van der Waals surface area (Å²) >= 11 is 0. The number of carbonyl (C=O) groups is 1. The molecule has 4 atom stereocenters. The van der Waals surface area contributed by atoms with Gasteiger partial charge in [0.1, 0.15) is 28.7 Å². The quantitative estimate of drug-likeness (QED) is 0.146. The highest BCUT2D eigenvalue weighted by Gasteiger charge is 2.30. The van der Waals surface area contributed by atoms with Crippen LogP contribution >= 0.6 is 0 Å². The fourth-order valence-electron chi connectivity index (χ4n) is 6.69. The van der Waals surface area contributed by atoms with Crippen molar-refractivity contribution in [2.24, 2.45) is 5.92 Å². The van der Waals surface area contributed by atoms with Gasteiger partial charge in [-0.05, 0) is 113 Å². The van der Waals surface area contributed by atoms with Gasteiger partial charge in [0, 0.05) is 50.6 Å². The van der Waals surface area contributed by atoms with E-state index in [1.807, 2.05) is 49.4 Å². The van der Waals surface area contributed by atoms with Crippen molar-refractivity contribution in [2.45, 2.75) is 90.2 Å². The average molecular weight is 810 g/mol. The SMILES string of the molecule is COc1ccc(COCC(C)N2Cc3cc(NC(=O)Nc4c(C)noc4C)ccc3OC(C)CCCCOC(CN(C)S(=O)(=O)c3ccc(F)cc3)C(C)C2)cc1. The third-order valence-corrected chi connectivity index (χ3v) is 12.0. The molecule has 0 radical (unpaired) electrons. The standard InChI is InChI=1S/C42H56FN5O8S/c1-28-23-48(29(2)26-53-27-33-11-16-37(52-7)17-12-33)24-34-22-36(44-42(49)45-41-31(4)46-56-32(41)5)15-20-39(34)55-30(3)10-8-9-21-54-40(28)25-47(6)57(50,51)38-18-13-35(43)14-19-38/h11-20,22,28-30,40H,8-10,21,23-27H2,1-7H3,(H2,44,45,49). The van der Waals surface area contributed by atoms with E-state index in [4.69, 9.17) is 23.5 Å². The Morgan fingerprint density at radius 1 is 1.05 bits per heavy atom. The zero-order chi connectivity index (χ0) is 41.1. The number of carbonyl (C=O) groups excluding carboxylic acids is 1. The molecule has 0 spiro atoms. The molecule has 0 saturated carbocycles. The number of aromatic nitrogens is 1. The van der Waals surface area contributed by atoms with Crippen LogP contribution in [0.2, 0.25) is 0 Å². The number of aryl methyl sites for hydroxylation is 2. The van der Waals surface area contributed by atoms with E-state index in [0.29, 0.717) is 61.5 Å². The monoisotopic (exact) mass is 809 g/mol. The van der Waals surface area contributed by atoms with Gasteiger partial charge in [0.25, 0.3) is 0 Å². The summed E-state index contributed by atoms with van der Waals surface area (Å²) in [6.45, 7) is 12.0. The number of fused-ring (bicyclic) bond motifs is 1. The largest absolute Gasteiger partial charge is 0.497 e. The first-order valence-corrected chi connectivity index (χ1v) is 20.8. The van der Waals surface area contributed by atoms with E-state index in [1.165, 1.54) is 23.5 Å². The Balaban J connectivity index is 1.41. The van der Waals surface area contributed by atoms with Crippen LogP contribution in [0.3, 0.4) is 0 Å². The first-order chi connectivity index (χ1) is 27.2. The van der Waals surface area contributed by atoms with Crippen molar-refractivity contribution in [2.75, 3.05) is 51.1 Å². The van der Waals surface area contributed by atoms with Crippen LogP contribution in [0.4, 0.5) is 20.6 Å². The lowest BCUT2D eigenvalue weighted by molar-refractivity contribution is -0.0168. The zero-order valence-corrected chi connectivity index (χ0v) is 34.7. The van der Waals surface area contributed by atoms with Crippen LogP contribution in [0.25, 0.3) is 0 Å². The van der Waals surface area contributed by atoms with Crippen LogP contribution in [-0.4, -0.2) is 87.5 Å². The Labute approximate surface area is 335 Å². The molecule has 2 heterocycles. The van der Waals surface area contributed by atoms with E-state index >= 15 is 0 Å². The molecule has 0 fully saturated rings. The van der Waals surface area contributed by atoms with E-state index < -0.39 is 28.0 Å². The fraction of sp³-hybridized carbons (Fsp3) is 0.476. The second-order valence-corrected chi connectivity index (χ2v) is 16.8. The van der Waals surface area contributed by atoms with E-state index in [-0.39, 0.29) is 29.5 Å². The molecule has 13 nitrogen and oxygen atoms in total. The Morgan fingerprint density at radius 2 is 1.79 bits per heavy atom. The number of halogens is 1. The number of likely N-dealkylation sites (N-methyl/N-ethyl adjacent to an activating group) is 1. The minimum Gasteiger partial charge on any atom is -0.497 e. The topological polar surface area (TPSA) is 145 Å². The number of urea groups is 1. The highest BCUT2D eigenvalue weighted by atomic mass is 32.2. The van der Waals surface area contributed by atoms with Crippen LogP contribution in [0, 0.1) is 25.6 Å². The van der Waals surface area contributed by atoms with Gasteiger partial charge in [-0.3, -0.25) is 4.90 Å².